The fraction of sp³-hybridized carbons (Fsp3) is 0.200. The monoisotopic (exact) mass is 201 g/mol. The Morgan fingerprint density at radius 1 is 1.20 bits per heavy atom. The van der Waals surface area contributed by atoms with Crippen molar-refractivity contribution < 1.29 is 0 Å². The second kappa shape index (κ2) is 2.80. The molecule has 0 saturated heterocycles. The largest absolute Gasteiger partial charge is 0.324 e. The number of nitrogens with two attached hydrogens (primary N) is 1. The third-order valence-corrected chi connectivity index (χ3v) is 2.68. The van der Waals surface area contributed by atoms with E-state index in [0.717, 1.165) is 22.6 Å². The summed E-state index contributed by atoms with van der Waals surface area (Å²) in [5, 5.41) is 8.17. The summed E-state index contributed by atoms with van der Waals surface area (Å²) in [4.78, 5) is 0. The van der Waals surface area contributed by atoms with Gasteiger partial charge >= 0.3 is 0 Å². The summed E-state index contributed by atoms with van der Waals surface area (Å²) in [6.45, 7) is 0.398. The van der Waals surface area contributed by atoms with Crippen molar-refractivity contribution in [2.45, 2.75) is 6.54 Å². The molecule has 0 atom stereocenters. The average Bonchev–Trinajstić information content (AvgIpc) is 2.81. The highest BCUT2D eigenvalue weighted by molar-refractivity contribution is 5.80. The topological polar surface area (TPSA) is 61.1 Å². The number of aryl methyl sites for hydroxylation is 1. The van der Waals surface area contributed by atoms with E-state index in [2.05, 4.69) is 16.3 Å². The van der Waals surface area contributed by atoms with Crippen LogP contribution >= 0.6 is 0 Å². The summed E-state index contributed by atoms with van der Waals surface area (Å²) in [5.74, 6) is 1.62. The minimum Gasteiger partial charge on any atom is -0.324 e. The lowest BCUT2D eigenvalue weighted by atomic mass is 10.3. The van der Waals surface area contributed by atoms with Gasteiger partial charge in [0.1, 0.15) is 0 Å². The molecule has 2 N–H and O–H groups in total. The quantitative estimate of drug-likeness (QED) is 0.629. The smallest absolute Gasteiger partial charge is 0.236 e. The summed E-state index contributed by atoms with van der Waals surface area (Å²) in [7, 11) is 1.98. The average molecular weight is 201 g/mol. The number of para-hydroxylation sites is 2. The number of hydrogen-bond acceptors (Lipinski definition) is 3. The van der Waals surface area contributed by atoms with Crippen LogP contribution < -0.4 is 5.73 Å². The molecule has 0 radical (unpaired) electrons. The summed E-state index contributed by atoms with van der Waals surface area (Å²) in [6, 6.07) is 8.12. The van der Waals surface area contributed by atoms with Gasteiger partial charge in [-0.05, 0) is 12.1 Å². The normalized spacial score (nSPS) is 11.6. The predicted molar refractivity (Wildman–Crippen MR) is 57.4 cm³/mol. The Labute approximate surface area is 86.1 Å². The third-order valence-electron chi connectivity index (χ3n) is 2.68. The Morgan fingerprint density at radius 2 is 1.93 bits per heavy atom. The molecule has 2 aromatic heterocycles. The maximum atomic E-state index is 5.63. The van der Waals surface area contributed by atoms with Gasteiger partial charge < -0.3 is 10.3 Å². The molecular formula is C10H11N5. The zero-order valence-electron chi connectivity index (χ0n) is 8.38. The number of imidazole rings is 1. The van der Waals surface area contributed by atoms with Gasteiger partial charge in [0.2, 0.25) is 5.78 Å². The van der Waals surface area contributed by atoms with Gasteiger partial charge in [0.15, 0.2) is 5.82 Å². The molecule has 15 heavy (non-hydrogen) atoms. The van der Waals surface area contributed by atoms with E-state index < -0.39 is 0 Å². The Bertz CT molecular complexity index is 634. The van der Waals surface area contributed by atoms with Crippen LogP contribution in [0.4, 0.5) is 0 Å². The van der Waals surface area contributed by atoms with Gasteiger partial charge in [0.25, 0.3) is 0 Å². The standard InChI is InChI=1S/C10H11N5/c1-14-7-4-2-3-5-8(7)15-9(6-11)12-13-10(14)15/h2-5H,6,11H2,1H3. The van der Waals surface area contributed by atoms with Gasteiger partial charge in [-0.3, -0.25) is 4.40 Å². The predicted octanol–water partition coefficient (Wildman–Crippen LogP) is 0.680. The van der Waals surface area contributed by atoms with Crippen molar-refractivity contribution in [3.05, 3.63) is 30.1 Å². The Balaban J connectivity index is 2.60. The fourth-order valence-electron chi connectivity index (χ4n) is 1.95. The van der Waals surface area contributed by atoms with Crippen LogP contribution in [0.3, 0.4) is 0 Å². The van der Waals surface area contributed by atoms with Crippen LogP contribution in [0.5, 0.6) is 0 Å². The van der Waals surface area contributed by atoms with Crippen LogP contribution in [0.25, 0.3) is 16.8 Å². The molecular weight excluding hydrogens is 190 g/mol. The maximum absolute atomic E-state index is 5.63. The number of hydrogen-bond donors (Lipinski definition) is 1. The number of aromatic nitrogens is 4. The van der Waals surface area contributed by atoms with Gasteiger partial charge in [0.05, 0.1) is 17.6 Å². The highest BCUT2D eigenvalue weighted by Crippen LogP contribution is 2.19. The molecule has 3 aromatic rings. The van der Waals surface area contributed by atoms with Crippen molar-refractivity contribution in [1.82, 2.24) is 19.2 Å². The lowest BCUT2D eigenvalue weighted by Crippen LogP contribution is -2.01. The molecule has 1 aromatic carbocycles. The molecule has 2 heterocycles. The van der Waals surface area contributed by atoms with Crippen molar-refractivity contribution in [3.63, 3.8) is 0 Å². The first kappa shape index (κ1) is 8.43. The second-order valence-electron chi connectivity index (χ2n) is 3.50. The Morgan fingerprint density at radius 3 is 2.67 bits per heavy atom. The van der Waals surface area contributed by atoms with E-state index in [0.29, 0.717) is 6.54 Å². The summed E-state index contributed by atoms with van der Waals surface area (Å²) >= 11 is 0. The lowest BCUT2D eigenvalue weighted by molar-refractivity contribution is 0.895. The third kappa shape index (κ3) is 0.951. The summed E-state index contributed by atoms with van der Waals surface area (Å²) < 4.78 is 4.01. The molecule has 0 amide bonds. The molecule has 0 fully saturated rings. The molecule has 0 aliphatic rings. The SMILES string of the molecule is Cn1c2ccccc2n2c(CN)nnc12. The van der Waals surface area contributed by atoms with E-state index in [4.69, 9.17) is 5.73 Å². The highest BCUT2D eigenvalue weighted by Gasteiger charge is 2.12. The van der Waals surface area contributed by atoms with Gasteiger partial charge in [-0.25, -0.2) is 0 Å². The van der Waals surface area contributed by atoms with E-state index in [-0.39, 0.29) is 0 Å². The van der Waals surface area contributed by atoms with Crippen LogP contribution in [-0.2, 0) is 13.6 Å². The minimum absolute atomic E-state index is 0.398. The molecule has 76 valence electrons. The van der Waals surface area contributed by atoms with Crippen LogP contribution in [0.15, 0.2) is 24.3 Å². The zero-order valence-corrected chi connectivity index (χ0v) is 8.38. The van der Waals surface area contributed by atoms with E-state index in [9.17, 15) is 0 Å². The molecule has 5 heteroatoms. The molecule has 0 bridgehead atoms. The summed E-state index contributed by atoms with van der Waals surface area (Å²) in [5.41, 5.74) is 7.86. The van der Waals surface area contributed by atoms with Gasteiger partial charge in [-0.15, -0.1) is 10.2 Å². The van der Waals surface area contributed by atoms with Crippen molar-refractivity contribution in [1.29, 1.82) is 0 Å². The fourth-order valence-corrected chi connectivity index (χ4v) is 1.95. The van der Waals surface area contributed by atoms with Crippen LogP contribution in [0.1, 0.15) is 5.82 Å². The van der Waals surface area contributed by atoms with Gasteiger partial charge in [-0.2, -0.15) is 0 Å². The first-order chi connectivity index (χ1) is 7.33. The number of rotatable bonds is 1. The minimum atomic E-state index is 0.398. The molecule has 5 nitrogen and oxygen atoms in total. The van der Waals surface area contributed by atoms with Crippen molar-refractivity contribution in [2.24, 2.45) is 12.8 Å². The highest BCUT2D eigenvalue weighted by atomic mass is 15.3. The van der Waals surface area contributed by atoms with E-state index in [1.807, 2.05) is 34.2 Å². The van der Waals surface area contributed by atoms with Crippen LogP contribution in [0.2, 0.25) is 0 Å². The molecule has 0 aliphatic heterocycles. The molecule has 0 spiro atoms. The number of fused-ring (bicyclic) bond motifs is 3. The Hall–Kier alpha value is -1.88. The maximum Gasteiger partial charge on any atom is 0.236 e. The van der Waals surface area contributed by atoms with E-state index >= 15 is 0 Å². The zero-order chi connectivity index (χ0) is 10.4. The van der Waals surface area contributed by atoms with Crippen molar-refractivity contribution in [3.8, 4) is 0 Å². The van der Waals surface area contributed by atoms with Crippen LogP contribution in [0, 0.1) is 0 Å². The molecule has 3 rings (SSSR count). The van der Waals surface area contributed by atoms with Crippen molar-refractivity contribution in [2.75, 3.05) is 0 Å². The second-order valence-corrected chi connectivity index (χ2v) is 3.50. The van der Waals surface area contributed by atoms with Gasteiger partial charge in [-0.1, -0.05) is 12.1 Å². The van der Waals surface area contributed by atoms with E-state index in [1.165, 1.54) is 0 Å². The van der Waals surface area contributed by atoms with Crippen LogP contribution in [-0.4, -0.2) is 19.2 Å². The summed E-state index contributed by atoms with van der Waals surface area (Å²) in [6.07, 6.45) is 0. The molecule has 0 aliphatic carbocycles. The Kier molecular flexibility index (Phi) is 1.58. The first-order valence-electron chi connectivity index (χ1n) is 4.80. The van der Waals surface area contributed by atoms with E-state index in [1.54, 1.807) is 0 Å². The van der Waals surface area contributed by atoms with Crippen molar-refractivity contribution >= 4 is 16.8 Å². The number of nitrogens with zero attached hydrogens (tertiary/aromatic N) is 4. The first-order valence-corrected chi connectivity index (χ1v) is 4.80. The van der Waals surface area contributed by atoms with Gasteiger partial charge in [0, 0.05) is 7.05 Å². The molecule has 0 unspecified atom stereocenters. The molecule has 0 saturated carbocycles. The lowest BCUT2D eigenvalue weighted by Gasteiger charge is -1.93. The number of benzene rings is 1.